The number of rotatable bonds is 1. The molecule has 0 aliphatic carbocycles. The predicted molar refractivity (Wildman–Crippen MR) is 78.2 cm³/mol. The Hall–Kier alpha value is -0.930. The van der Waals surface area contributed by atoms with Crippen molar-refractivity contribution in [2.24, 2.45) is 11.3 Å². The summed E-state index contributed by atoms with van der Waals surface area (Å²) in [6, 6.07) is 7.33. The third-order valence-electron chi connectivity index (χ3n) is 6.04. The third-order valence-corrected chi connectivity index (χ3v) is 6.04. The van der Waals surface area contributed by atoms with Gasteiger partial charge in [-0.05, 0) is 67.9 Å². The fourth-order valence-corrected chi connectivity index (χ4v) is 4.98. The number of piperidine rings is 2. The first-order chi connectivity index (χ1) is 9.78. The van der Waals surface area contributed by atoms with Crippen molar-refractivity contribution >= 4 is 0 Å². The lowest BCUT2D eigenvalue weighted by atomic mass is 9.58. The topological polar surface area (TPSA) is 15.3 Å². The van der Waals surface area contributed by atoms with Crippen LogP contribution in [0.4, 0.5) is 4.39 Å². The van der Waals surface area contributed by atoms with Crippen molar-refractivity contribution in [1.29, 1.82) is 0 Å². The fraction of sp³-hybridized carbons (Fsp3) is 0.647. The summed E-state index contributed by atoms with van der Waals surface area (Å²) in [5, 5.41) is 3.55. The molecule has 1 aromatic rings. The average Bonchev–Trinajstić information content (AvgIpc) is 2.89. The van der Waals surface area contributed by atoms with E-state index in [2.05, 4.69) is 16.3 Å². The van der Waals surface area contributed by atoms with Crippen molar-refractivity contribution in [1.82, 2.24) is 10.2 Å². The quantitative estimate of drug-likeness (QED) is 0.847. The van der Waals surface area contributed by atoms with Gasteiger partial charge in [-0.15, -0.1) is 0 Å². The average molecular weight is 274 g/mol. The van der Waals surface area contributed by atoms with Crippen LogP contribution < -0.4 is 5.32 Å². The van der Waals surface area contributed by atoms with E-state index >= 15 is 0 Å². The van der Waals surface area contributed by atoms with Crippen LogP contribution in [0, 0.1) is 17.2 Å². The Morgan fingerprint density at radius 1 is 1.25 bits per heavy atom. The molecule has 1 N–H and O–H groups in total. The van der Waals surface area contributed by atoms with Gasteiger partial charge in [-0.2, -0.15) is 0 Å². The second-order valence-corrected chi connectivity index (χ2v) is 6.83. The van der Waals surface area contributed by atoms with Crippen molar-refractivity contribution in [2.45, 2.75) is 25.2 Å². The maximum Gasteiger partial charge on any atom is 0.123 e. The van der Waals surface area contributed by atoms with Crippen LogP contribution in [0.1, 0.15) is 30.7 Å². The summed E-state index contributed by atoms with van der Waals surface area (Å²) in [7, 11) is 0. The standard InChI is InChI=1S/C17H23FN2/c18-15-3-1-2-13(10-15)16-11-19-7-5-17(16)6-9-20-8-4-14(17)12-20/h1-3,10,14,16,19H,4-9,11-12H2. The minimum Gasteiger partial charge on any atom is -0.316 e. The van der Waals surface area contributed by atoms with Crippen LogP contribution in [-0.2, 0) is 0 Å². The zero-order valence-electron chi connectivity index (χ0n) is 11.9. The largest absolute Gasteiger partial charge is 0.316 e. The molecule has 3 aliphatic rings. The maximum atomic E-state index is 13.6. The lowest BCUT2D eigenvalue weighted by Crippen LogP contribution is -2.52. The van der Waals surface area contributed by atoms with Crippen LogP contribution in [0.2, 0.25) is 0 Å². The Kier molecular flexibility index (Phi) is 3.08. The molecule has 4 unspecified atom stereocenters. The molecular weight excluding hydrogens is 251 g/mol. The molecule has 4 atom stereocenters. The van der Waals surface area contributed by atoms with Gasteiger partial charge in [-0.25, -0.2) is 4.39 Å². The van der Waals surface area contributed by atoms with Crippen LogP contribution in [0.15, 0.2) is 24.3 Å². The van der Waals surface area contributed by atoms with Crippen molar-refractivity contribution < 1.29 is 4.39 Å². The van der Waals surface area contributed by atoms with Gasteiger partial charge < -0.3 is 10.2 Å². The second kappa shape index (κ2) is 4.81. The Labute approximate surface area is 120 Å². The first-order valence-corrected chi connectivity index (χ1v) is 7.96. The van der Waals surface area contributed by atoms with E-state index in [1.807, 2.05) is 6.07 Å². The summed E-state index contributed by atoms with van der Waals surface area (Å²) in [6.45, 7) is 5.92. The van der Waals surface area contributed by atoms with Crippen molar-refractivity contribution in [3.8, 4) is 0 Å². The molecule has 0 aromatic heterocycles. The number of nitrogens with one attached hydrogen (secondary N) is 1. The molecule has 3 saturated heterocycles. The number of nitrogens with zero attached hydrogens (tertiary/aromatic N) is 1. The maximum absolute atomic E-state index is 13.6. The molecule has 0 amide bonds. The normalized spacial score (nSPS) is 40.1. The highest BCUT2D eigenvalue weighted by atomic mass is 19.1. The van der Waals surface area contributed by atoms with Gasteiger partial charge >= 0.3 is 0 Å². The smallest absolute Gasteiger partial charge is 0.123 e. The third kappa shape index (κ3) is 1.91. The number of hydrogen-bond donors (Lipinski definition) is 1. The highest BCUT2D eigenvalue weighted by molar-refractivity contribution is 5.26. The summed E-state index contributed by atoms with van der Waals surface area (Å²) in [5.74, 6) is 1.20. The van der Waals surface area contributed by atoms with Crippen LogP contribution in [0.5, 0.6) is 0 Å². The zero-order chi connectivity index (χ0) is 13.6. The minimum absolute atomic E-state index is 0.0907. The van der Waals surface area contributed by atoms with Gasteiger partial charge in [0, 0.05) is 19.0 Å². The summed E-state index contributed by atoms with van der Waals surface area (Å²) in [4.78, 5) is 2.61. The molecule has 2 nitrogen and oxygen atoms in total. The number of halogens is 1. The predicted octanol–water partition coefficient (Wildman–Crippen LogP) is 2.61. The Morgan fingerprint density at radius 2 is 2.20 bits per heavy atom. The van der Waals surface area contributed by atoms with Crippen LogP contribution in [-0.4, -0.2) is 37.6 Å². The minimum atomic E-state index is -0.0907. The van der Waals surface area contributed by atoms with E-state index in [1.54, 1.807) is 12.1 Å². The van der Waals surface area contributed by atoms with Crippen LogP contribution in [0.3, 0.4) is 0 Å². The van der Waals surface area contributed by atoms with E-state index in [-0.39, 0.29) is 5.82 Å². The molecule has 1 aromatic carbocycles. The lowest BCUT2D eigenvalue weighted by Gasteiger charge is -2.51. The molecule has 3 heterocycles. The van der Waals surface area contributed by atoms with Gasteiger partial charge in [0.1, 0.15) is 5.82 Å². The number of fused-ring (bicyclic) bond motifs is 3. The van der Waals surface area contributed by atoms with E-state index in [4.69, 9.17) is 0 Å². The van der Waals surface area contributed by atoms with E-state index in [0.717, 1.165) is 19.0 Å². The molecule has 2 bridgehead atoms. The molecule has 1 spiro atoms. The molecule has 0 radical (unpaired) electrons. The Balaban J connectivity index is 1.72. The zero-order valence-corrected chi connectivity index (χ0v) is 11.9. The highest BCUT2D eigenvalue weighted by Gasteiger charge is 2.51. The molecule has 4 rings (SSSR count). The first kappa shape index (κ1) is 12.8. The van der Waals surface area contributed by atoms with E-state index < -0.39 is 0 Å². The SMILES string of the molecule is Fc1cccc(C2CNCCC23CCN2CCC3C2)c1. The summed E-state index contributed by atoms with van der Waals surface area (Å²) in [5.41, 5.74) is 1.61. The van der Waals surface area contributed by atoms with Crippen molar-refractivity contribution in [3.05, 3.63) is 35.6 Å². The highest BCUT2D eigenvalue weighted by Crippen LogP contribution is 2.54. The molecule has 0 saturated carbocycles. The molecule has 3 fully saturated rings. The molecule has 20 heavy (non-hydrogen) atoms. The van der Waals surface area contributed by atoms with Crippen molar-refractivity contribution in [3.63, 3.8) is 0 Å². The molecule has 3 heteroatoms. The number of benzene rings is 1. The fourth-order valence-electron chi connectivity index (χ4n) is 4.98. The van der Waals surface area contributed by atoms with Gasteiger partial charge in [0.25, 0.3) is 0 Å². The Morgan fingerprint density at radius 3 is 3.10 bits per heavy atom. The van der Waals surface area contributed by atoms with Crippen LogP contribution >= 0.6 is 0 Å². The van der Waals surface area contributed by atoms with Gasteiger partial charge in [0.05, 0.1) is 0 Å². The van der Waals surface area contributed by atoms with Gasteiger partial charge in [0.15, 0.2) is 0 Å². The molecule has 3 aliphatic heterocycles. The summed E-state index contributed by atoms with van der Waals surface area (Å²) >= 11 is 0. The van der Waals surface area contributed by atoms with Crippen LogP contribution in [0.25, 0.3) is 0 Å². The Bertz CT molecular complexity index is 504. The summed E-state index contributed by atoms with van der Waals surface area (Å²) < 4.78 is 13.6. The number of hydrogen-bond acceptors (Lipinski definition) is 2. The summed E-state index contributed by atoms with van der Waals surface area (Å²) in [6.07, 6.45) is 3.89. The van der Waals surface area contributed by atoms with Gasteiger partial charge in [-0.3, -0.25) is 0 Å². The monoisotopic (exact) mass is 274 g/mol. The first-order valence-electron chi connectivity index (χ1n) is 7.96. The van der Waals surface area contributed by atoms with E-state index in [9.17, 15) is 4.39 Å². The molecule has 108 valence electrons. The van der Waals surface area contributed by atoms with Gasteiger partial charge in [-0.1, -0.05) is 12.1 Å². The molecular formula is C17H23FN2. The van der Waals surface area contributed by atoms with E-state index in [0.29, 0.717) is 11.3 Å². The second-order valence-electron chi connectivity index (χ2n) is 6.83. The van der Waals surface area contributed by atoms with Gasteiger partial charge in [0.2, 0.25) is 0 Å². The lowest BCUT2D eigenvalue weighted by molar-refractivity contribution is 0.0328. The van der Waals surface area contributed by atoms with E-state index in [1.165, 1.54) is 44.5 Å². The van der Waals surface area contributed by atoms with Crippen molar-refractivity contribution in [2.75, 3.05) is 32.7 Å².